The zero-order valence-corrected chi connectivity index (χ0v) is 15.4. The number of aldehydes is 1. The standard InChI is InChI=1S/C21H15NO5S/c23-10-12-9-18(19(28-12)20(24)25)22-21(26)27-11-17-15-7-3-1-5-13(15)14-6-2-4-8-16(14)17/h1-10,17H,11H2,(H,22,26)(H,24,25). The summed E-state index contributed by atoms with van der Waals surface area (Å²) in [6, 6.07) is 17.3. The highest BCUT2D eigenvalue weighted by Gasteiger charge is 2.29. The highest BCUT2D eigenvalue weighted by molar-refractivity contribution is 7.16. The molecule has 7 heteroatoms. The fourth-order valence-corrected chi connectivity index (χ4v) is 4.23. The Labute approximate surface area is 164 Å². The van der Waals surface area contributed by atoms with Crippen molar-refractivity contribution in [2.24, 2.45) is 0 Å². The van der Waals surface area contributed by atoms with Gasteiger partial charge in [-0.3, -0.25) is 10.1 Å². The van der Waals surface area contributed by atoms with Crippen molar-refractivity contribution < 1.29 is 24.2 Å². The summed E-state index contributed by atoms with van der Waals surface area (Å²) in [5.74, 6) is -1.31. The van der Waals surface area contributed by atoms with E-state index in [1.807, 2.05) is 48.5 Å². The van der Waals surface area contributed by atoms with Gasteiger partial charge in [-0.25, -0.2) is 9.59 Å². The number of carbonyl (C=O) groups is 3. The Balaban J connectivity index is 1.51. The average Bonchev–Trinajstić information content (AvgIpc) is 3.25. The number of amides is 1. The van der Waals surface area contributed by atoms with Gasteiger partial charge in [0, 0.05) is 5.92 Å². The quantitative estimate of drug-likeness (QED) is 0.617. The van der Waals surface area contributed by atoms with E-state index in [0.717, 1.165) is 33.6 Å². The Kier molecular flexibility index (Phi) is 4.67. The number of benzene rings is 2. The number of anilines is 1. The second kappa shape index (κ2) is 7.28. The molecule has 0 unspecified atom stereocenters. The number of rotatable bonds is 5. The molecule has 0 aliphatic heterocycles. The number of thiophene rings is 1. The normalized spacial score (nSPS) is 12.1. The summed E-state index contributed by atoms with van der Waals surface area (Å²) in [5.41, 5.74) is 4.46. The van der Waals surface area contributed by atoms with E-state index in [2.05, 4.69) is 5.32 Å². The van der Waals surface area contributed by atoms with Gasteiger partial charge in [0.05, 0.1) is 10.6 Å². The van der Waals surface area contributed by atoms with Crippen LogP contribution in [0.3, 0.4) is 0 Å². The number of hydrogen-bond donors (Lipinski definition) is 2. The first-order valence-corrected chi connectivity index (χ1v) is 9.34. The second-order valence-corrected chi connectivity index (χ2v) is 7.35. The fourth-order valence-electron chi connectivity index (χ4n) is 3.46. The number of carboxylic acid groups (broad SMARTS) is 1. The van der Waals surface area contributed by atoms with Crippen LogP contribution >= 0.6 is 11.3 Å². The topological polar surface area (TPSA) is 92.7 Å². The molecule has 28 heavy (non-hydrogen) atoms. The van der Waals surface area contributed by atoms with E-state index in [0.29, 0.717) is 6.29 Å². The summed E-state index contributed by atoms with van der Waals surface area (Å²) in [6.45, 7) is 0.118. The maximum absolute atomic E-state index is 12.3. The number of fused-ring (bicyclic) bond motifs is 3. The number of carboxylic acids is 1. The zero-order chi connectivity index (χ0) is 19.7. The molecule has 3 aromatic rings. The van der Waals surface area contributed by atoms with E-state index in [1.54, 1.807) is 0 Å². The van der Waals surface area contributed by atoms with Crippen LogP contribution in [0.2, 0.25) is 0 Å². The van der Waals surface area contributed by atoms with Crippen molar-refractivity contribution in [3.05, 3.63) is 75.5 Å². The van der Waals surface area contributed by atoms with Crippen LogP contribution in [0.15, 0.2) is 54.6 Å². The highest BCUT2D eigenvalue weighted by atomic mass is 32.1. The van der Waals surface area contributed by atoms with E-state index in [4.69, 9.17) is 4.74 Å². The largest absolute Gasteiger partial charge is 0.477 e. The molecule has 4 rings (SSSR count). The summed E-state index contributed by atoms with van der Waals surface area (Å²) < 4.78 is 5.39. The van der Waals surface area contributed by atoms with Crippen LogP contribution in [0.1, 0.15) is 36.4 Å². The van der Waals surface area contributed by atoms with Gasteiger partial charge in [0.25, 0.3) is 0 Å². The van der Waals surface area contributed by atoms with Gasteiger partial charge in [-0.05, 0) is 28.3 Å². The predicted octanol–water partition coefficient (Wildman–Crippen LogP) is 4.62. The van der Waals surface area contributed by atoms with Gasteiger partial charge >= 0.3 is 12.1 Å². The molecule has 0 saturated carbocycles. The molecule has 0 fully saturated rings. The molecule has 0 atom stereocenters. The maximum Gasteiger partial charge on any atom is 0.411 e. The average molecular weight is 393 g/mol. The molecule has 2 N–H and O–H groups in total. The Morgan fingerprint density at radius 1 is 1.07 bits per heavy atom. The summed E-state index contributed by atoms with van der Waals surface area (Å²) in [7, 11) is 0. The van der Waals surface area contributed by atoms with Gasteiger partial charge in [0.15, 0.2) is 6.29 Å². The van der Waals surface area contributed by atoms with Gasteiger partial charge in [-0.15, -0.1) is 11.3 Å². The SMILES string of the molecule is O=Cc1cc(NC(=O)OCC2c3ccccc3-c3ccccc32)c(C(=O)O)s1. The highest BCUT2D eigenvalue weighted by Crippen LogP contribution is 2.44. The lowest BCUT2D eigenvalue weighted by Crippen LogP contribution is -2.18. The van der Waals surface area contributed by atoms with Crippen LogP contribution in [-0.2, 0) is 4.74 Å². The molecule has 0 saturated heterocycles. The molecule has 1 aromatic heterocycles. The minimum absolute atomic E-state index is 0.0526. The van der Waals surface area contributed by atoms with Crippen LogP contribution in [0.4, 0.5) is 10.5 Å². The molecule has 140 valence electrons. The molecule has 0 spiro atoms. The van der Waals surface area contributed by atoms with Crippen LogP contribution in [0.5, 0.6) is 0 Å². The first kappa shape index (κ1) is 17.9. The fraction of sp³-hybridized carbons (Fsp3) is 0.0952. The molecule has 1 heterocycles. The maximum atomic E-state index is 12.3. The summed E-state index contributed by atoms with van der Waals surface area (Å²) in [5, 5.41) is 11.6. The molecule has 1 amide bonds. The summed E-state index contributed by atoms with van der Waals surface area (Å²) in [4.78, 5) is 34.5. The van der Waals surface area contributed by atoms with Crippen molar-refractivity contribution in [2.75, 3.05) is 11.9 Å². The van der Waals surface area contributed by atoms with E-state index >= 15 is 0 Å². The molecular formula is C21H15NO5S. The summed E-state index contributed by atoms with van der Waals surface area (Å²) in [6.07, 6.45) is -0.223. The molecular weight excluding hydrogens is 378 g/mol. The molecule has 0 radical (unpaired) electrons. The number of hydrogen-bond acceptors (Lipinski definition) is 5. The van der Waals surface area contributed by atoms with Crippen molar-refractivity contribution in [3.63, 3.8) is 0 Å². The number of ether oxygens (including phenoxy) is 1. The van der Waals surface area contributed by atoms with Crippen LogP contribution in [0, 0.1) is 0 Å². The zero-order valence-electron chi connectivity index (χ0n) is 14.5. The van der Waals surface area contributed by atoms with E-state index in [1.165, 1.54) is 6.07 Å². The number of aromatic carboxylic acids is 1. The van der Waals surface area contributed by atoms with Gasteiger partial charge in [-0.2, -0.15) is 0 Å². The smallest absolute Gasteiger partial charge is 0.411 e. The Morgan fingerprint density at radius 3 is 2.25 bits per heavy atom. The van der Waals surface area contributed by atoms with Gasteiger partial charge in [-0.1, -0.05) is 48.5 Å². The Bertz CT molecular complexity index is 1040. The van der Waals surface area contributed by atoms with E-state index in [9.17, 15) is 19.5 Å². The second-order valence-electron chi connectivity index (χ2n) is 6.27. The van der Waals surface area contributed by atoms with Gasteiger partial charge in [0.1, 0.15) is 11.5 Å². The van der Waals surface area contributed by atoms with E-state index in [-0.39, 0.29) is 28.0 Å². The lowest BCUT2D eigenvalue weighted by atomic mass is 9.98. The number of carbonyl (C=O) groups excluding carboxylic acids is 2. The monoisotopic (exact) mass is 393 g/mol. The predicted molar refractivity (Wildman–Crippen MR) is 105 cm³/mol. The first-order chi connectivity index (χ1) is 13.6. The first-order valence-electron chi connectivity index (χ1n) is 8.52. The van der Waals surface area contributed by atoms with E-state index < -0.39 is 12.1 Å². The minimum atomic E-state index is -1.22. The molecule has 1 aliphatic rings. The molecule has 0 bridgehead atoms. The third-order valence-electron chi connectivity index (χ3n) is 4.64. The Morgan fingerprint density at radius 2 is 1.68 bits per heavy atom. The van der Waals surface area contributed by atoms with Crippen molar-refractivity contribution in [1.82, 2.24) is 0 Å². The minimum Gasteiger partial charge on any atom is -0.477 e. The number of nitrogens with one attached hydrogen (secondary N) is 1. The Hall–Kier alpha value is -3.45. The van der Waals surface area contributed by atoms with Gasteiger partial charge in [0.2, 0.25) is 0 Å². The van der Waals surface area contributed by atoms with Crippen LogP contribution in [0.25, 0.3) is 11.1 Å². The van der Waals surface area contributed by atoms with Crippen molar-refractivity contribution in [3.8, 4) is 11.1 Å². The lowest BCUT2D eigenvalue weighted by Gasteiger charge is -2.14. The molecule has 1 aliphatic carbocycles. The molecule has 2 aromatic carbocycles. The van der Waals surface area contributed by atoms with Crippen molar-refractivity contribution >= 4 is 35.4 Å². The lowest BCUT2D eigenvalue weighted by molar-refractivity contribution is 0.0703. The third-order valence-corrected chi connectivity index (χ3v) is 5.69. The van der Waals surface area contributed by atoms with Gasteiger partial charge < -0.3 is 9.84 Å². The summed E-state index contributed by atoms with van der Waals surface area (Å²) >= 11 is 0.797. The van der Waals surface area contributed by atoms with Crippen molar-refractivity contribution in [2.45, 2.75) is 5.92 Å². The van der Waals surface area contributed by atoms with Crippen LogP contribution < -0.4 is 5.32 Å². The molecule has 6 nitrogen and oxygen atoms in total. The third kappa shape index (κ3) is 3.16. The van der Waals surface area contributed by atoms with Crippen LogP contribution in [-0.4, -0.2) is 30.1 Å². The van der Waals surface area contributed by atoms with Crippen molar-refractivity contribution in [1.29, 1.82) is 0 Å².